The van der Waals surface area contributed by atoms with Gasteiger partial charge < -0.3 is 4.74 Å². The molecular formula is C19H24N4O. The fourth-order valence-electron chi connectivity index (χ4n) is 2.86. The van der Waals surface area contributed by atoms with E-state index in [-0.39, 0.29) is 0 Å². The van der Waals surface area contributed by atoms with Gasteiger partial charge >= 0.3 is 0 Å². The zero-order chi connectivity index (χ0) is 16.6. The summed E-state index contributed by atoms with van der Waals surface area (Å²) in [6.45, 7) is 2.98. The van der Waals surface area contributed by atoms with Crippen molar-refractivity contribution in [2.75, 3.05) is 6.61 Å². The molecule has 2 aromatic heterocycles. The van der Waals surface area contributed by atoms with Crippen LogP contribution in [-0.2, 0) is 0 Å². The van der Waals surface area contributed by atoms with Crippen LogP contribution >= 0.6 is 0 Å². The molecule has 24 heavy (non-hydrogen) atoms. The first-order valence-corrected chi connectivity index (χ1v) is 8.75. The Hall–Kier alpha value is -2.43. The molecule has 0 unspecified atom stereocenters. The van der Waals surface area contributed by atoms with Crippen LogP contribution in [-0.4, -0.2) is 26.4 Å². The van der Waals surface area contributed by atoms with Crippen molar-refractivity contribution in [3.05, 3.63) is 43.1 Å². The van der Waals surface area contributed by atoms with Gasteiger partial charge in [-0.3, -0.25) is 9.55 Å². The highest BCUT2D eigenvalue weighted by Gasteiger charge is 2.09. The van der Waals surface area contributed by atoms with Crippen LogP contribution in [0.1, 0.15) is 45.4 Å². The second-order valence-corrected chi connectivity index (χ2v) is 5.97. The Morgan fingerprint density at radius 1 is 0.958 bits per heavy atom. The van der Waals surface area contributed by atoms with Crippen molar-refractivity contribution in [2.24, 2.45) is 0 Å². The second kappa shape index (κ2) is 8.43. The fourth-order valence-corrected chi connectivity index (χ4v) is 2.86. The van der Waals surface area contributed by atoms with Crippen molar-refractivity contribution in [1.82, 2.24) is 19.7 Å². The molecule has 3 rings (SSSR count). The van der Waals surface area contributed by atoms with Gasteiger partial charge in [0.2, 0.25) is 0 Å². The molecule has 0 fully saturated rings. The summed E-state index contributed by atoms with van der Waals surface area (Å²) >= 11 is 0. The first-order valence-electron chi connectivity index (χ1n) is 8.75. The van der Waals surface area contributed by atoms with E-state index in [9.17, 15) is 0 Å². The van der Waals surface area contributed by atoms with Crippen LogP contribution in [0.5, 0.6) is 5.75 Å². The topological polar surface area (TPSA) is 52.8 Å². The fraction of sp³-hybridized carbons (Fsp3) is 0.421. The average molecular weight is 324 g/mol. The van der Waals surface area contributed by atoms with E-state index in [1.165, 1.54) is 32.1 Å². The molecule has 0 radical (unpaired) electrons. The van der Waals surface area contributed by atoms with E-state index in [4.69, 9.17) is 4.74 Å². The van der Waals surface area contributed by atoms with E-state index in [0.717, 1.165) is 35.4 Å². The van der Waals surface area contributed by atoms with Gasteiger partial charge in [-0.15, -0.1) is 10.2 Å². The van der Waals surface area contributed by atoms with E-state index in [1.807, 2.05) is 22.8 Å². The number of benzene rings is 1. The van der Waals surface area contributed by atoms with Crippen molar-refractivity contribution < 1.29 is 4.74 Å². The zero-order valence-electron chi connectivity index (χ0n) is 14.2. The van der Waals surface area contributed by atoms with Gasteiger partial charge in [-0.05, 0) is 30.7 Å². The van der Waals surface area contributed by atoms with E-state index in [1.54, 1.807) is 18.9 Å². The van der Waals surface area contributed by atoms with Crippen LogP contribution in [0.15, 0.2) is 43.1 Å². The van der Waals surface area contributed by atoms with Crippen LogP contribution in [0.3, 0.4) is 0 Å². The van der Waals surface area contributed by atoms with E-state index < -0.39 is 0 Å². The minimum atomic E-state index is 0.740. The SMILES string of the molecule is CCCCCCCCOc1ccc(-n2cnnc2)c2cccnc12. The smallest absolute Gasteiger partial charge is 0.145 e. The molecule has 3 aromatic rings. The molecule has 5 heteroatoms. The number of ether oxygens (including phenoxy) is 1. The van der Waals surface area contributed by atoms with Gasteiger partial charge in [0, 0.05) is 11.6 Å². The lowest BCUT2D eigenvalue weighted by Gasteiger charge is -2.12. The molecular weight excluding hydrogens is 300 g/mol. The van der Waals surface area contributed by atoms with Crippen molar-refractivity contribution in [3.63, 3.8) is 0 Å². The number of hydrogen-bond acceptors (Lipinski definition) is 4. The Balaban J connectivity index is 1.68. The normalized spacial score (nSPS) is 11.0. The average Bonchev–Trinajstić information content (AvgIpc) is 3.15. The Kier molecular flexibility index (Phi) is 5.77. The lowest BCUT2D eigenvalue weighted by atomic mass is 10.1. The summed E-state index contributed by atoms with van der Waals surface area (Å²) < 4.78 is 7.89. The summed E-state index contributed by atoms with van der Waals surface area (Å²) in [4.78, 5) is 4.51. The molecule has 1 aromatic carbocycles. The predicted octanol–water partition coefficient (Wildman–Crippen LogP) is 4.55. The molecule has 5 nitrogen and oxygen atoms in total. The van der Waals surface area contributed by atoms with Gasteiger partial charge in [0.05, 0.1) is 12.3 Å². The molecule has 126 valence electrons. The van der Waals surface area contributed by atoms with Crippen LogP contribution in [0.25, 0.3) is 16.6 Å². The number of nitrogens with zero attached hydrogens (tertiary/aromatic N) is 4. The second-order valence-electron chi connectivity index (χ2n) is 5.97. The maximum atomic E-state index is 6.00. The number of rotatable bonds is 9. The Morgan fingerprint density at radius 3 is 2.58 bits per heavy atom. The number of aromatic nitrogens is 4. The third-order valence-electron chi connectivity index (χ3n) is 4.16. The quantitative estimate of drug-likeness (QED) is 0.542. The Bertz CT molecular complexity index is 755. The molecule has 2 heterocycles. The van der Waals surface area contributed by atoms with Crippen molar-refractivity contribution in [2.45, 2.75) is 45.4 Å². The summed E-state index contributed by atoms with van der Waals surface area (Å²) in [5.74, 6) is 0.844. The maximum absolute atomic E-state index is 6.00. The van der Waals surface area contributed by atoms with Gasteiger partial charge in [0.25, 0.3) is 0 Å². The molecule has 0 saturated heterocycles. The Morgan fingerprint density at radius 2 is 1.75 bits per heavy atom. The van der Waals surface area contributed by atoms with Crippen LogP contribution in [0.2, 0.25) is 0 Å². The number of hydrogen-bond donors (Lipinski definition) is 0. The van der Waals surface area contributed by atoms with Gasteiger partial charge in [-0.1, -0.05) is 39.0 Å². The monoisotopic (exact) mass is 324 g/mol. The molecule has 0 N–H and O–H groups in total. The summed E-state index contributed by atoms with van der Waals surface area (Å²) in [5.41, 5.74) is 1.89. The van der Waals surface area contributed by atoms with Crippen LogP contribution in [0.4, 0.5) is 0 Å². The van der Waals surface area contributed by atoms with Crippen LogP contribution in [0, 0.1) is 0 Å². The molecule has 0 amide bonds. The predicted molar refractivity (Wildman–Crippen MR) is 95.5 cm³/mol. The van der Waals surface area contributed by atoms with Crippen molar-refractivity contribution >= 4 is 10.9 Å². The summed E-state index contributed by atoms with van der Waals surface area (Å²) in [6, 6.07) is 8.01. The van der Waals surface area contributed by atoms with Gasteiger partial charge in [0.1, 0.15) is 23.9 Å². The zero-order valence-corrected chi connectivity index (χ0v) is 14.2. The largest absolute Gasteiger partial charge is 0.491 e. The van der Waals surface area contributed by atoms with Crippen LogP contribution < -0.4 is 4.74 Å². The molecule has 0 spiro atoms. The maximum Gasteiger partial charge on any atom is 0.145 e. The number of unbranched alkanes of at least 4 members (excludes halogenated alkanes) is 5. The van der Waals surface area contributed by atoms with Crippen molar-refractivity contribution in [1.29, 1.82) is 0 Å². The minimum absolute atomic E-state index is 0.740. The van der Waals surface area contributed by atoms with Gasteiger partial charge in [-0.25, -0.2) is 0 Å². The van der Waals surface area contributed by atoms with Gasteiger partial charge in [-0.2, -0.15) is 0 Å². The summed E-state index contributed by atoms with van der Waals surface area (Å²) in [5, 5.41) is 8.80. The van der Waals surface area contributed by atoms with E-state index >= 15 is 0 Å². The molecule has 0 aliphatic heterocycles. The number of pyridine rings is 1. The highest BCUT2D eigenvalue weighted by atomic mass is 16.5. The lowest BCUT2D eigenvalue weighted by Crippen LogP contribution is -2.00. The van der Waals surface area contributed by atoms with E-state index in [0.29, 0.717) is 0 Å². The number of fused-ring (bicyclic) bond motifs is 1. The minimum Gasteiger partial charge on any atom is -0.491 e. The molecule has 0 atom stereocenters. The lowest BCUT2D eigenvalue weighted by molar-refractivity contribution is 0.307. The highest BCUT2D eigenvalue weighted by Crippen LogP contribution is 2.29. The first-order chi connectivity index (χ1) is 11.9. The van der Waals surface area contributed by atoms with Crippen molar-refractivity contribution in [3.8, 4) is 11.4 Å². The molecule has 0 aliphatic carbocycles. The standard InChI is InChI=1S/C19H24N4O/c1-2-3-4-5-6-7-13-24-18-11-10-17(23-14-21-22-15-23)16-9-8-12-20-19(16)18/h8-12,14-15H,2-7,13H2,1H3. The molecule has 0 bridgehead atoms. The van der Waals surface area contributed by atoms with Gasteiger partial charge in [0.15, 0.2) is 0 Å². The Labute approximate surface area is 142 Å². The summed E-state index contributed by atoms with van der Waals surface area (Å²) in [6.07, 6.45) is 12.7. The van der Waals surface area contributed by atoms with E-state index in [2.05, 4.69) is 28.2 Å². The molecule has 0 saturated carbocycles. The first kappa shape index (κ1) is 16.4. The summed E-state index contributed by atoms with van der Waals surface area (Å²) in [7, 11) is 0. The third kappa shape index (κ3) is 3.91. The highest BCUT2D eigenvalue weighted by molar-refractivity contribution is 5.91. The third-order valence-corrected chi connectivity index (χ3v) is 4.16. The molecule has 0 aliphatic rings.